The maximum Gasteiger partial charge on any atom is 0.405 e. The monoisotopic (exact) mass is 555 g/mol. The van der Waals surface area contributed by atoms with E-state index in [2.05, 4.69) is 5.32 Å². The number of benzene rings is 1. The molecule has 0 bridgehead atoms. The average Bonchev–Trinajstić information content (AvgIpc) is 3.62. The van der Waals surface area contributed by atoms with Crippen LogP contribution in [0.25, 0.3) is 11.0 Å². The number of fused-ring (bicyclic) bond motifs is 1. The molecule has 1 aromatic carbocycles. The van der Waals surface area contributed by atoms with Crippen LogP contribution in [0.3, 0.4) is 0 Å². The number of amides is 3. The maximum atomic E-state index is 13.5. The van der Waals surface area contributed by atoms with E-state index in [4.69, 9.17) is 25.2 Å². The second kappa shape index (κ2) is 12.3. The highest BCUT2D eigenvalue weighted by Gasteiger charge is 2.45. The fourth-order valence-corrected chi connectivity index (χ4v) is 5.24. The highest BCUT2D eigenvalue weighted by molar-refractivity contribution is 5.91. The van der Waals surface area contributed by atoms with E-state index in [0.717, 1.165) is 30.0 Å². The Morgan fingerprint density at radius 1 is 1.15 bits per heavy atom. The van der Waals surface area contributed by atoms with Gasteiger partial charge in [-0.3, -0.25) is 9.59 Å². The number of nitrogens with one attached hydrogen (secondary N) is 1. The zero-order valence-electron chi connectivity index (χ0n) is 23.8. The van der Waals surface area contributed by atoms with Crippen LogP contribution in [0, 0.1) is 11.3 Å². The van der Waals surface area contributed by atoms with Crippen LogP contribution in [0.5, 0.6) is 11.6 Å². The summed E-state index contributed by atoms with van der Waals surface area (Å²) < 4.78 is 11.7. The van der Waals surface area contributed by atoms with Crippen molar-refractivity contribution in [1.82, 2.24) is 20.2 Å². The third kappa shape index (κ3) is 7.31. The molecule has 3 atom stereocenters. The number of hydrogen-bond acceptors (Lipinski definition) is 7. The van der Waals surface area contributed by atoms with Crippen molar-refractivity contribution in [2.24, 2.45) is 17.1 Å². The summed E-state index contributed by atoms with van der Waals surface area (Å²) in [5.41, 5.74) is 7.02. The molecule has 0 spiro atoms. The molecule has 2 heterocycles. The van der Waals surface area contributed by atoms with Gasteiger partial charge in [0.15, 0.2) is 0 Å². The van der Waals surface area contributed by atoms with Gasteiger partial charge in [0.25, 0.3) is 0 Å². The van der Waals surface area contributed by atoms with E-state index in [1.807, 2.05) is 12.1 Å². The summed E-state index contributed by atoms with van der Waals surface area (Å²) in [6.45, 7) is 5.33. The van der Waals surface area contributed by atoms with Crippen LogP contribution in [0.2, 0.25) is 0 Å². The molecule has 0 unspecified atom stereocenters. The normalized spacial score (nSPS) is 19.9. The van der Waals surface area contributed by atoms with Gasteiger partial charge in [0.1, 0.15) is 29.6 Å². The largest absolute Gasteiger partial charge is 0.497 e. The molecule has 2 aromatic rings. The average molecular weight is 556 g/mol. The third-order valence-corrected chi connectivity index (χ3v) is 7.66. The molecule has 4 rings (SSSR count). The number of nitrogens with two attached hydrogens (primary N) is 1. The topological polar surface area (TPSA) is 157 Å². The third-order valence-electron chi connectivity index (χ3n) is 7.66. The van der Waals surface area contributed by atoms with Crippen molar-refractivity contribution in [2.45, 2.75) is 90.3 Å². The van der Waals surface area contributed by atoms with Crippen LogP contribution in [0.4, 0.5) is 4.79 Å². The van der Waals surface area contributed by atoms with Crippen molar-refractivity contribution in [3.63, 3.8) is 0 Å². The molecular formula is C29H41N5O6. The van der Waals surface area contributed by atoms with Gasteiger partial charge < -0.3 is 30.5 Å². The summed E-state index contributed by atoms with van der Waals surface area (Å²) in [7, 11) is 1.58. The molecule has 2 fully saturated rings. The summed E-state index contributed by atoms with van der Waals surface area (Å²) in [5, 5.41) is 11.6. The maximum absolute atomic E-state index is 13.5. The van der Waals surface area contributed by atoms with Crippen molar-refractivity contribution < 1.29 is 29.0 Å². The number of carbonyl (C=O) groups is 3. The Balaban J connectivity index is 1.55. The number of methoxy groups -OCH3 is 1. The fourth-order valence-electron chi connectivity index (χ4n) is 5.24. The number of unbranched alkanes of at least 4 members (excludes halogenated alkanes) is 2. The molecule has 1 aromatic heterocycles. The Hall–Kier alpha value is -3.63. The zero-order valence-corrected chi connectivity index (χ0v) is 23.8. The molecule has 218 valence electrons. The van der Waals surface area contributed by atoms with Crippen LogP contribution in [0.1, 0.15) is 71.4 Å². The molecule has 3 amide bonds. The van der Waals surface area contributed by atoms with Gasteiger partial charge in [0.05, 0.1) is 24.7 Å². The van der Waals surface area contributed by atoms with E-state index >= 15 is 0 Å². The Labute approximate surface area is 234 Å². The minimum Gasteiger partial charge on any atom is -0.497 e. The van der Waals surface area contributed by atoms with Gasteiger partial charge in [-0.25, -0.2) is 14.8 Å². The van der Waals surface area contributed by atoms with Crippen molar-refractivity contribution in [2.75, 3.05) is 13.7 Å². The minimum absolute atomic E-state index is 0.0684. The van der Waals surface area contributed by atoms with Gasteiger partial charge in [-0.2, -0.15) is 0 Å². The number of likely N-dealkylation sites (tertiary alicyclic amines) is 1. The Bertz CT molecular complexity index is 1240. The van der Waals surface area contributed by atoms with Crippen molar-refractivity contribution >= 4 is 28.9 Å². The standard InChI is InChI=1S/C29H41N5O6/c1-29(2,3)24(33-28(37)38)27(36)34-16-19(15-23(34)25(30)35)40-26-21(9-7-5-6-8-17-10-11-17)31-20-13-12-18(39-4)14-22(20)32-26/h12-14,17,19,23-24,33H,5-11,15-16H2,1-4H3,(H2,30,35)(H,37,38)/t19-,23+,24-/m1/s1. The first-order valence-electron chi connectivity index (χ1n) is 14.1. The van der Waals surface area contributed by atoms with Gasteiger partial charge >= 0.3 is 6.09 Å². The van der Waals surface area contributed by atoms with E-state index < -0.39 is 41.5 Å². The number of carboxylic acid groups (broad SMARTS) is 1. The smallest absolute Gasteiger partial charge is 0.405 e. The molecule has 40 heavy (non-hydrogen) atoms. The van der Waals surface area contributed by atoms with E-state index in [1.54, 1.807) is 33.9 Å². The highest BCUT2D eigenvalue weighted by Crippen LogP contribution is 2.34. The number of rotatable bonds is 12. The molecule has 2 aliphatic rings. The minimum atomic E-state index is -1.32. The second-order valence-electron chi connectivity index (χ2n) is 12.0. The second-order valence-corrected chi connectivity index (χ2v) is 12.0. The number of primary amides is 1. The summed E-state index contributed by atoms with van der Waals surface area (Å²) in [6.07, 6.45) is 6.20. The number of nitrogens with zero attached hydrogens (tertiary/aromatic N) is 3. The van der Waals surface area contributed by atoms with Crippen LogP contribution in [0.15, 0.2) is 18.2 Å². The summed E-state index contributed by atoms with van der Waals surface area (Å²) >= 11 is 0. The lowest BCUT2D eigenvalue weighted by Gasteiger charge is -2.34. The van der Waals surface area contributed by atoms with E-state index in [-0.39, 0.29) is 13.0 Å². The number of aryl methyl sites for hydroxylation is 1. The van der Waals surface area contributed by atoms with Gasteiger partial charge in [-0.15, -0.1) is 0 Å². The fraction of sp³-hybridized carbons (Fsp3) is 0.621. The quantitative estimate of drug-likeness (QED) is 0.335. The number of ether oxygens (including phenoxy) is 2. The first-order valence-corrected chi connectivity index (χ1v) is 14.1. The highest BCUT2D eigenvalue weighted by atomic mass is 16.5. The number of hydrogen-bond donors (Lipinski definition) is 3. The first kappa shape index (κ1) is 29.4. The molecule has 1 saturated carbocycles. The SMILES string of the molecule is COc1ccc2nc(CCCCCC3CC3)c(O[C@@H]3C[C@@H](C(N)=O)N(C(=O)[C@@H](NC(=O)O)C(C)(C)C)C3)nc2c1. The zero-order chi connectivity index (χ0) is 29.0. The lowest BCUT2D eigenvalue weighted by Crippen LogP contribution is -2.57. The number of carbonyl (C=O) groups excluding carboxylic acids is 2. The van der Waals surface area contributed by atoms with E-state index in [9.17, 15) is 19.5 Å². The number of aromatic nitrogens is 2. The van der Waals surface area contributed by atoms with Gasteiger partial charge in [0, 0.05) is 12.5 Å². The van der Waals surface area contributed by atoms with Crippen LogP contribution in [-0.2, 0) is 16.0 Å². The predicted molar refractivity (Wildman–Crippen MR) is 149 cm³/mol. The van der Waals surface area contributed by atoms with Crippen molar-refractivity contribution in [1.29, 1.82) is 0 Å². The van der Waals surface area contributed by atoms with Crippen molar-refractivity contribution in [3.05, 3.63) is 23.9 Å². The van der Waals surface area contributed by atoms with E-state index in [1.165, 1.54) is 30.6 Å². The molecule has 4 N–H and O–H groups in total. The van der Waals surface area contributed by atoms with Crippen LogP contribution in [-0.4, -0.2) is 69.7 Å². The van der Waals surface area contributed by atoms with Gasteiger partial charge in [-0.1, -0.05) is 52.9 Å². The summed E-state index contributed by atoms with van der Waals surface area (Å²) in [6, 6.07) is 3.49. The molecule has 11 heteroatoms. The molecule has 11 nitrogen and oxygen atoms in total. The predicted octanol–water partition coefficient (Wildman–Crippen LogP) is 3.67. The first-order chi connectivity index (χ1) is 19.0. The Kier molecular flexibility index (Phi) is 9.00. The lowest BCUT2D eigenvalue weighted by atomic mass is 9.85. The lowest BCUT2D eigenvalue weighted by molar-refractivity contribution is -0.141. The Morgan fingerprint density at radius 3 is 2.52 bits per heavy atom. The molecule has 1 aliphatic heterocycles. The molecule has 0 radical (unpaired) electrons. The van der Waals surface area contributed by atoms with Gasteiger partial charge in [0.2, 0.25) is 17.7 Å². The van der Waals surface area contributed by atoms with Crippen LogP contribution < -0.4 is 20.5 Å². The summed E-state index contributed by atoms with van der Waals surface area (Å²) in [5.74, 6) is 0.722. The van der Waals surface area contributed by atoms with Crippen molar-refractivity contribution in [3.8, 4) is 11.6 Å². The molecular weight excluding hydrogens is 514 g/mol. The summed E-state index contributed by atoms with van der Waals surface area (Å²) in [4.78, 5) is 48.2. The van der Waals surface area contributed by atoms with E-state index in [0.29, 0.717) is 23.6 Å². The molecule has 1 aliphatic carbocycles. The van der Waals surface area contributed by atoms with Gasteiger partial charge in [-0.05, 0) is 36.3 Å². The van der Waals surface area contributed by atoms with Crippen LogP contribution >= 0.6 is 0 Å². The Morgan fingerprint density at radius 2 is 1.90 bits per heavy atom. The molecule has 1 saturated heterocycles.